The first-order valence-electron chi connectivity index (χ1n) is 5.38. The van der Waals surface area contributed by atoms with E-state index in [4.69, 9.17) is 5.11 Å². The van der Waals surface area contributed by atoms with Gasteiger partial charge in [-0.1, -0.05) is 24.3 Å². The number of carboxylic acid groups (broad SMARTS) is 1. The Kier molecular flexibility index (Phi) is 3.64. The van der Waals surface area contributed by atoms with E-state index < -0.39 is 5.97 Å². The van der Waals surface area contributed by atoms with Gasteiger partial charge in [0.2, 0.25) is 0 Å². The van der Waals surface area contributed by atoms with Crippen molar-refractivity contribution < 1.29 is 9.90 Å². The smallest absolute Gasteiger partial charge is 0.303 e. The van der Waals surface area contributed by atoms with Gasteiger partial charge in [-0.25, -0.2) is 0 Å². The number of allylic oxidation sites excluding steroid dienone is 2. The standard InChI is InChI=1S/C13H13NO2S/c15-12(16)6-8-13(7-2-4-10-17-13)11-5-1-3-9-14-11/h1-5,7,9-10H,6,8H2,(H,15,16). The Hall–Kier alpha value is -1.55. The zero-order chi connectivity index (χ0) is 12.1. The van der Waals surface area contributed by atoms with Gasteiger partial charge in [-0.05, 0) is 24.0 Å². The summed E-state index contributed by atoms with van der Waals surface area (Å²) in [5.41, 5.74) is 0.909. The Balaban J connectivity index is 2.28. The number of carboxylic acids is 1. The maximum absolute atomic E-state index is 10.7. The molecule has 88 valence electrons. The van der Waals surface area contributed by atoms with Crippen LogP contribution in [0.5, 0.6) is 0 Å². The van der Waals surface area contributed by atoms with E-state index in [0.717, 1.165) is 5.69 Å². The monoisotopic (exact) mass is 247 g/mol. The van der Waals surface area contributed by atoms with Crippen LogP contribution >= 0.6 is 11.8 Å². The zero-order valence-corrected chi connectivity index (χ0v) is 10.1. The largest absolute Gasteiger partial charge is 0.481 e. The van der Waals surface area contributed by atoms with Crippen molar-refractivity contribution in [2.45, 2.75) is 17.6 Å². The van der Waals surface area contributed by atoms with Gasteiger partial charge in [0.1, 0.15) is 0 Å². The van der Waals surface area contributed by atoms with Crippen LogP contribution < -0.4 is 0 Å². The van der Waals surface area contributed by atoms with Crippen LogP contribution in [-0.2, 0) is 9.54 Å². The molecule has 0 spiro atoms. The van der Waals surface area contributed by atoms with Crippen LogP contribution in [0.4, 0.5) is 0 Å². The molecule has 1 N–H and O–H groups in total. The molecule has 1 aromatic rings. The maximum Gasteiger partial charge on any atom is 0.303 e. The number of carbonyl (C=O) groups is 1. The van der Waals surface area contributed by atoms with Gasteiger partial charge in [-0.3, -0.25) is 9.78 Å². The van der Waals surface area contributed by atoms with Gasteiger partial charge < -0.3 is 5.11 Å². The highest BCUT2D eigenvalue weighted by Gasteiger charge is 2.32. The van der Waals surface area contributed by atoms with Gasteiger partial charge in [-0.15, -0.1) is 11.8 Å². The third-order valence-corrected chi connectivity index (χ3v) is 3.91. The molecule has 0 bridgehead atoms. The van der Waals surface area contributed by atoms with E-state index >= 15 is 0 Å². The molecule has 0 radical (unpaired) electrons. The second-order valence-electron chi connectivity index (χ2n) is 3.80. The number of rotatable bonds is 4. The molecule has 0 saturated carbocycles. The van der Waals surface area contributed by atoms with Crippen LogP contribution in [0.3, 0.4) is 0 Å². The number of aliphatic carboxylic acids is 1. The predicted octanol–water partition coefficient (Wildman–Crippen LogP) is 2.96. The van der Waals surface area contributed by atoms with Gasteiger partial charge in [0.25, 0.3) is 0 Å². The normalized spacial score (nSPS) is 22.6. The van der Waals surface area contributed by atoms with E-state index in [0.29, 0.717) is 6.42 Å². The Bertz CT molecular complexity index is 456. The molecule has 0 aliphatic carbocycles. The number of aromatic nitrogens is 1. The fourth-order valence-electron chi connectivity index (χ4n) is 1.78. The molecule has 2 heterocycles. The molecule has 1 atom stereocenters. The van der Waals surface area contributed by atoms with Crippen LogP contribution in [-0.4, -0.2) is 16.1 Å². The van der Waals surface area contributed by atoms with Gasteiger partial charge in [0.15, 0.2) is 0 Å². The van der Waals surface area contributed by atoms with Crippen molar-refractivity contribution in [1.29, 1.82) is 0 Å². The van der Waals surface area contributed by atoms with E-state index in [1.54, 1.807) is 18.0 Å². The molecule has 2 rings (SSSR count). The fraction of sp³-hybridized carbons (Fsp3) is 0.231. The Labute approximate surface area is 104 Å². The third kappa shape index (κ3) is 2.77. The number of pyridine rings is 1. The summed E-state index contributed by atoms with van der Waals surface area (Å²) in [6.45, 7) is 0. The van der Waals surface area contributed by atoms with Crippen molar-refractivity contribution in [2.24, 2.45) is 0 Å². The van der Waals surface area contributed by atoms with Crippen molar-refractivity contribution in [3.63, 3.8) is 0 Å². The first-order valence-corrected chi connectivity index (χ1v) is 6.26. The summed E-state index contributed by atoms with van der Waals surface area (Å²) in [5, 5.41) is 10.8. The predicted molar refractivity (Wildman–Crippen MR) is 68.7 cm³/mol. The summed E-state index contributed by atoms with van der Waals surface area (Å²) in [7, 11) is 0. The first kappa shape index (κ1) is 11.9. The van der Waals surface area contributed by atoms with Crippen LogP contribution in [0.1, 0.15) is 18.5 Å². The lowest BCUT2D eigenvalue weighted by Gasteiger charge is -2.29. The van der Waals surface area contributed by atoms with Crippen molar-refractivity contribution in [3.05, 3.63) is 53.7 Å². The van der Waals surface area contributed by atoms with Crippen LogP contribution in [0.2, 0.25) is 0 Å². The molecule has 1 unspecified atom stereocenters. The summed E-state index contributed by atoms with van der Waals surface area (Å²) in [6, 6.07) is 5.73. The van der Waals surface area contributed by atoms with Gasteiger partial charge >= 0.3 is 5.97 Å². The SMILES string of the molecule is O=C(O)CCC1(c2ccccn2)C=CC=CS1. The van der Waals surface area contributed by atoms with Gasteiger partial charge in [0.05, 0.1) is 10.4 Å². The number of hydrogen-bond acceptors (Lipinski definition) is 3. The van der Waals surface area contributed by atoms with E-state index in [9.17, 15) is 4.79 Å². The molecule has 17 heavy (non-hydrogen) atoms. The lowest BCUT2D eigenvalue weighted by molar-refractivity contribution is -0.137. The molecule has 0 aromatic carbocycles. The quantitative estimate of drug-likeness (QED) is 0.888. The van der Waals surface area contributed by atoms with Crippen molar-refractivity contribution in [1.82, 2.24) is 4.98 Å². The molecule has 0 fully saturated rings. The average molecular weight is 247 g/mol. The fourth-order valence-corrected chi connectivity index (χ4v) is 2.81. The second-order valence-corrected chi connectivity index (χ2v) is 5.04. The van der Waals surface area contributed by atoms with Crippen molar-refractivity contribution in [2.75, 3.05) is 0 Å². The lowest BCUT2D eigenvalue weighted by atomic mass is 9.96. The highest BCUT2D eigenvalue weighted by Crippen LogP contribution is 2.43. The summed E-state index contributed by atoms with van der Waals surface area (Å²) in [6.07, 6.45) is 8.36. The molecule has 0 saturated heterocycles. The second kappa shape index (κ2) is 5.19. The molecule has 1 aliphatic rings. The highest BCUT2D eigenvalue weighted by molar-refractivity contribution is 8.03. The van der Waals surface area contributed by atoms with Crippen molar-refractivity contribution in [3.8, 4) is 0 Å². The molecule has 3 nitrogen and oxygen atoms in total. The topological polar surface area (TPSA) is 50.2 Å². The van der Waals surface area contributed by atoms with Crippen molar-refractivity contribution >= 4 is 17.7 Å². The number of nitrogens with zero attached hydrogens (tertiary/aromatic N) is 1. The van der Waals surface area contributed by atoms with Gasteiger partial charge in [-0.2, -0.15) is 0 Å². The Morgan fingerprint density at radius 2 is 2.29 bits per heavy atom. The van der Waals surface area contributed by atoms with Gasteiger partial charge in [0, 0.05) is 12.6 Å². The van der Waals surface area contributed by atoms with Crippen LogP contribution in [0, 0.1) is 0 Å². The number of thioether (sulfide) groups is 1. The summed E-state index contributed by atoms with van der Waals surface area (Å²) >= 11 is 1.61. The molecule has 1 aromatic heterocycles. The Morgan fingerprint density at radius 3 is 2.88 bits per heavy atom. The average Bonchev–Trinajstić information content (AvgIpc) is 2.39. The molecular weight excluding hydrogens is 234 g/mol. The van der Waals surface area contributed by atoms with Crippen LogP contribution in [0.15, 0.2) is 48.0 Å². The van der Waals surface area contributed by atoms with E-state index in [1.807, 2.05) is 41.8 Å². The minimum Gasteiger partial charge on any atom is -0.481 e. The van der Waals surface area contributed by atoms with E-state index in [2.05, 4.69) is 4.98 Å². The lowest BCUT2D eigenvalue weighted by Crippen LogP contribution is -2.22. The maximum atomic E-state index is 10.7. The number of hydrogen-bond donors (Lipinski definition) is 1. The minimum atomic E-state index is -0.774. The summed E-state index contributed by atoms with van der Waals surface area (Å²) in [4.78, 5) is 15.1. The molecule has 4 heteroatoms. The third-order valence-electron chi connectivity index (χ3n) is 2.64. The Morgan fingerprint density at radius 1 is 1.41 bits per heavy atom. The minimum absolute atomic E-state index is 0.141. The summed E-state index contributed by atoms with van der Waals surface area (Å²) in [5.74, 6) is -0.774. The molecule has 0 amide bonds. The van der Waals surface area contributed by atoms with E-state index in [-0.39, 0.29) is 11.2 Å². The highest BCUT2D eigenvalue weighted by atomic mass is 32.2. The van der Waals surface area contributed by atoms with Crippen LogP contribution in [0.25, 0.3) is 0 Å². The zero-order valence-electron chi connectivity index (χ0n) is 9.24. The molecule has 1 aliphatic heterocycles. The van der Waals surface area contributed by atoms with E-state index in [1.165, 1.54) is 0 Å². The molecular formula is C13H13NO2S. The first-order chi connectivity index (χ1) is 8.23. The summed E-state index contributed by atoms with van der Waals surface area (Å²) < 4.78 is -0.339.